The van der Waals surface area contributed by atoms with Crippen LogP contribution in [-0.2, 0) is 26.1 Å². The van der Waals surface area contributed by atoms with Crippen LogP contribution in [0.15, 0.2) is 16.3 Å². The van der Waals surface area contributed by atoms with E-state index in [4.69, 9.17) is 9.88 Å². The molecule has 3 N–H and O–H groups in total. The van der Waals surface area contributed by atoms with Crippen molar-refractivity contribution in [3.63, 3.8) is 0 Å². The SMILES string of the molecule is NS(=O)(=O)c1ccc(CNC(=O)CCC2CCCCO2)s1. The lowest BCUT2D eigenvalue weighted by Gasteiger charge is -2.22. The Hall–Kier alpha value is -0.960. The van der Waals surface area contributed by atoms with Crippen LogP contribution in [0.3, 0.4) is 0 Å². The summed E-state index contributed by atoms with van der Waals surface area (Å²) in [6.07, 6.45) is 4.65. The second-order valence-electron chi connectivity index (χ2n) is 5.07. The highest BCUT2D eigenvalue weighted by atomic mass is 32.2. The summed E-state index contributed by atoms with van der Waals surface area (Å²) in [5.74, 6) is -0.0465. The number of hydrogen-bond donors (Lipinski definition) is 2. The van der Waals surface area contributed by atoms with E-state index in [1.165, 1.54) is 6.07 Å². The van der Waals surface area contributed by atoms with Gasteiger partial charge in [-0.3, -0.25) is 4.79 Å². The Kier molecular flexibility index (Phi) is 5.74. The molecule has 1 aromatic rings. The van der Waals surface area contributed by atoms with Crippen molar-refractivity contribution < 1.29 is 17.9 Å². The smallest absolute Gasteiger partial charge is 0.247 e. The number of rotatable bonds is 6. The van der Waals surface area contributed by atoms with E-state index in [9.17, 15) is 13.2 Å². The average molecular weight is 332 g/mol. The van der Waals surface area contributed by atoms with Gasteiger partial charge in [0.25, 0.3) is 0 Å². The second kappa shape index (κ2) is 7.35. The van der Waals surface area contributed by atoms with Crippen LogP contribution in [0.25, 0.3) is 0 Å². The van der Waals surface area contributed by atoms with Gasteiger partial charge in [0.2, 0.25) is 15.9 Å². The minimum absolute atomic E-state index is 0.0465. The number of sulfonamides is 1. The van der Waals surface area contributed by atoms with Gasteiger partial charge in [0.05, 0.1) is 12.6 Å². The quantitative estimate of drug-likeness (QED) is 0.821. The molecule has 1 aliphatic rings. The van der Waals surface area contributed by atoms with E-state index in [2.05, 4.69) is 5.32 Å². The fourth-order valence-electron chi connectivity index (χ4n) is 2.21. The minimum atomic E-state index is -3.66. The average Bonchev–Trinajstić information content (AvgIpc) is 2.93. The zero-order valence-electron chi connectivity index (χ0n) is 11.7. The van der Waals surface area contributed by atoms with Gasteiger partial charge in [0, 0.05) is 17.9 Å². The molecule has 2 heterocycles. The molecule has 0 bridgehead atoms. The number of nitrogens with two attached hydrogens (primary N) is 1. The Morgan fingerprint density at radius 3 is 2.86 bits per heavy atom. The summed E-state index contributed by atoms with van der Waals surface area (Å²) in [6, 6.07) is 3.12. The van der Waals surface area contributed by atoms with Crippen molar-refractivity contribution in [1.82, 2.24) is 5.32 Å². The third kappa shape index (κ3) is 5.39. The molecule has 118 valence electrons. The lowest BCUT2D eigenvalue weighted by molar-refractivity contribution is -0.122. The van der Waals surface area contributed by atoms with Crippen LogP contribution < -0.4 is 10.5 Å². The van der Waals surface area contributed by atoms with Gasteiger partial charge in [0.15, 0.2) is 0 Å². The van der Waals surface area contributed by atoms with Crippen LogP contribution in [0.4, 0.5) is 0 Å². The number of hydrogen-bond acceptors (Lipinski definition) is 5. The molecule has 2 rings (SSSR count). The summed E-state index contributed by atoms with van der Waals surface area (Å²) in [5.41, 5.74) is 0. The molecule has 8 heteroatoms. The second-order valence-corrected chi connectivity index (χ2v) is 8.03. The highest BCUT2D eigenvalue weighted by Gasteiger charge is 2.15. The summed E-state index contributed by atoms with van der Waals surface area (Å²) in [6.45, 7) is 1.11. The van der Waals surface area contributed by atoms with Crippen LogP contribution in [0, 0.1) is 0 Å². The molecule has 0 radical (unpaired) electrons. The van der Waals surface area contributed by atoms with Gasteiger partial charge in [0.1, 0.15) is 4.21 Å². The van der Waals surface area contributed by atoms with Crippen molar-refractivity contribution in [2.45, 2.75) is 49.0 Å². The highest BCUT2D eigenvalue weighted by molar-refractivity contribution is 7.91. The lowest BCUT2D eigenvalue weighted by atomic mass is 10.0. The van der Waals surface area contributed by atoms with Gasteiger partial charge in [-0.25, -0.2) is 13.6 Å². The molecule has 1 atom stereocenters. The first-order chi connectivity index (χ1) is 9.95. The van der Waals surface area contributed by atoms with Crippen molar-refractivity contribution in [2.75, 3.05) is 6.61 Å². The predicted molar refractivity (Wildman–Crippen MR) is 80.4 cm³/mol. The van der Waals surface area contributed by atoms with Gasteiger partial charge in [-0.2, -0.15) is 0 Å². The first kappa shape index (κ1) is 16.4. The normalized spacial score (nSPS) is 19.4. The molecule has 1 fully saturated rings. The fourth-order valence-corrected chi connectivity index (χ4v) is 3.93. The Balaban J connectivity index is 1.72. The first-order valence-electron chi connectivity index (χ1n) is 6.95. The van der Waals surface area contributed by atoms with E-state index >= 15 is 0 Å². The maximum Gasteiger partial charge on any atom is 0.247 e. The van der Waals surface area contributed by atoms with Crippen molar-refractivity contribution in [2.24, 2.45) is 5.14 Å². The zero-order valence-corrected chi connectivity index (χ0v) is 13.3. The van der Waals surface area contributed by atoms with E-state index in [-0.39, 0.29) is 16.2 Å². The molecule has 21 heavy (non-hydrogen) atoms. The van der Waals surface area contributed by atoms with Gasteiger partial charge in [-0.1, -0.05) is 0 Å². The van der Waals surface area contributed by atoms with Crippen LogP contribution in [0.2, 0.25) is 0 Å². The van der Waals surface area contributed by atoms with Crippen molar-refractivity contribution in [3.8, 4) is 0 Å². The van der Waals surface area contributed by atoms with Crippen molar-refractivity contribution in [1.29, 1.82) is 0 Å². The minimum Gasteiger partial charge on any atom is -0.378 e. The summed E-state index contributed by atoms with van der Waals surface area (Å²) in [4.78, 5) is 12.5. The van der Waals surface area contributed by atoms with Gasteiger partial charge >= 0.3 is 0 Å². The van der Waals surface area contributed by atoms with E-state index < -0.39 is 10.0 Å². The zero-order chi connectivity index (χ0) is 15.3. The number of nitrogens with one attached hydrogen (secondary N) is 1. The first-order valence-corrected chi connectivity index (χ1v) is 9.31. The van der Waals surface area contributed by atoms with Gasteiger partial charge in [-0.15, -0.1) is 11.3 Å². The Labute approximate surface area is 128 Å². The van der Waals surface area contributed by atoms with Gasteiger partial charge < -0.3 is 10.1 Å². The van der Waals surface area contributed by atoms with Crippen LogP contribution in [0.5, 0.6) is 0 Å². The Bertz CT molecular complexity index is 577. The van der Waals surface area contributed by atoms with Crippen LogP contribution >= 0.6 is 11.3 Å². The molecule has 0 aromatic carbocycles. The van der Waals surface area contributed by atoms with E-state index in [1.807, 2.05) is 0 Å². The van der Waals surface area contributed by atoms with Gasteiger partial charge in [-0.05, 0) is 37.8 Å². The molecular weight excluding hydrogens is 312 g/mol. The topological polar surface area (TPSA) is 98.5 Å². The number of primary sulfonamides is 1. The molecular formula is C13H20N2O4S2. The maximum atomic E-state index is 11.8. The molecule has 1 unspecified atom stereocenters. The van der Waals surface area contributed by atoms with E-state index in [0.29, 0.717) is 13.0 Å². The van der Waals surface area contributed by atoms with E-state index in [0.717, 1.165) is 48.5 Å². The number of carbonyl (C=O) groups is 1. The third-order valence-electron chi connectivity index (χ3n) is 3.34. The maximum absolute atomic E-state index is 11.8. The summed E-state index contributed by atoms with van der Waals surface area (Å²) < 4.78 is 28.0. The van der Waals surface area contributed by atoms with Crippen molar-refractivity contribution >= 4 is 27.3 Å². The molecule has 0 saturated carbocycles. The largest absolute Gasteiger partial charge is 0.378 e. The third-order valence-corrected chi connectivity index (χ3v) is 5.87. The number of thiophene rings is 1. The van der Waals surface area contributed by atoms with E-state index in [1.54, 1.807) is 6.07 Å². The molecule has 1 aliphatic heterocycles. The van der Waals surface area contributed by atoms with Crippen LogP contribution in [0.1, 0.15) is 37.0 Å². The molecule has 6 nitrogen and oxygen atoms in total. The number of amides is 1. The Morgan fingerprint density at radius 1 is 1.43 bits per heavy atom. The summed E-state index contributed by atoms with van der Waals surface area (Å²) in [5, 5.41) is 7.82. The highest BCUT2D eigenvalue weighted by Crippen LogP contribution is 2.20. The molecule has 0 spiro atoms. The Morgan fingerprint density at radius 2 is 2.24 bits per heavy atom. The monoisotopic (exact) mass is 332 g/mol. The molecule has 0 aliphatic carbocycles. The fraction of sp³-hybridized carbons (Fsp3) is 0.615. The standard InChI is InChI=1S/C13H20N2O4S2/c14-21(17,18)13-7-5-11(20-13)9-15-12(16)6-4-10-3-1-2-8-19-10/h5,7,10H,1-4,6,8-9H2,(H,15,16)(H2,14,17,18). The molecule has 1 saturated heterocycles. The van der Waals surface area contributed by atoms with Crippen molar-refractivity contribution in [3.05, 3.63) is 17.0 Å². The lowest BCUT2D eigenvalue weighted by Crippen LogP contribution is -2.25. The number of ether oxygens (including phenoxy) is 1. The summed E-state index contributed by atoms with van der Waals surface area (Å²) in [7, 11) is -3.66. The number of carbonyl (C=O) groups excluding carboxylic acids is 1. The molecule has 1 aromatic heterocycles. The molecule has 1 amide bonds. The predicted octanol–water partition coefficient (Wildman–Crippen LogP) is 1.36. The summed E-state index contributed by atoms with van der Waals surface area (Å²) >= 11 is 1.08. The van der Waals surface area contributed by atoms with Crippen LogP contribution in [-0.4, -0.2) is 27.0 Å².